The Hall–Kier alpha value is -2.38. The molecule has 0 aliphatic heterocycles. The van der Waals surface area contributed by atoms with E-state index in [4.69, 9.17) is 4.74 Å². The third-order valence-corrected chi connectivity index (χ3v) is 6.33. The zero-order valence-electron chi connectivity index (χ0n) is 18.3. The molecule has 0 unspecified atom stereocenters. The number of carbonyl (C=O) groups is 2. The number of nitrogens with one attached hydrogen (secondary N) is 1. The third kappa shape index (κ3) is 6.11. The number of ether oxygens (including phenoxy) is 1. The summed E-state index contributed by atoms with van der Waals surface area (Å²) in [6, 6.07) is 18.8. The molecule has 3 aromatic carbocycles. The first-order chi connectivity index (χ1) is 15.3. The SMILES string of the molecule is CC(C)NC(=O)[C@@H](C)N(Cc1cccc(Br)c1)C(=O)COc1ccc2ccccc2c1Br. The van der Waals surface area contributed by atoms with Gasteiger partial charge in [-0.3, -0.25) is 9.59 Å². The minimum absolute atomic E-state index is 0.0161. The lowest BCUT2D eigenvalue weighted by Gasteiger charge is -2.29. The molecule has 0 aromatic heterocycles. The summed E-state index contributed by atoms with van der Waals surface area (Å²) in [7, 11) is 0. The molecule has 3 rings (SSSR count). The van der Waals surface area contributed by atoms with Crippen molar-refractivity contribution in [2.24, 2.45) is 0 Å². The summed E-state index contributed by atoms with van der Waals surface area (Å²) in [5.41, 5.74) is 0.920. The highest BCUT2D eigenvalue weighted by molar-refractivity contribution is 9.11. The molecule has 1 N–H and O–H groups in total. The molecule has 2 amide bonds. The van der Waals surface area contributed by atoms with Crippen LogP contribution in [-0.4, -0.2) is 35.4 Å². The Morgan fingerprint density at radius 2 is 1.75 bits per heavy atom. The molecule has 0 fully saturated rings. The van der Waals surface area contributed by atoms with E-state index in [1.54, 1.807) is 11.8 Å². The normalized spacial score (nSPS) is 11.9. The molecule has 32 heavy (non-hydrogen) atoms. The maximum Gasteiger partial charge on any atom is 0.261 e. The Kier molecular flexibility index (Phi) is 8.32. The van der Waals surface area contributed by atoms with Crippen molar-refractivity contribution in [3.63, 3.8) is 0 Å². The fourth-order valence-electron chi connectivity index (χ4n) is 3.37. The second kappa shape index (κ2) is 11.0. The van der Waals surface area contributed by atoms with Crippen molar-refractivity contribution in [1.82, 2.24) is 10.2 Å². The molecule has 7 heteroatoms. The highest BCUT2D eigenvalue weighted by Crippen LogP contribution is 2.33. The van der Waals surface area contributed by atoms with Gasteiger partial charge < -0.3 is 15.0 Å². The molecular formula is C25H26Br2N2O3. The number of carbonyl (C=O) groups excluding carboxylic acids is 2. The summed E-state index contributed by atoms with van der Waals surface area (Å²) in [6.07, 6.45) is 0. The lowest BCUT2D eigenvalue weighted by molar-refractivity contribution is -0.142. The number of hydrogen-bond acceptors (Lipinski definition) is 3. The van der Waals surface area contributed by atoms with Gasteiger partial charge in [-0.1, -0.05) is 58.4 Å². The Morgan fingerprint density at radius 3 is 2.47 bits per heavy atom. The predicted molar refractivity (Wildman–Crippen MR) is 135 cm³/mol. The first-order valence-electron chi connectivity index (χ1n) is 10.4. The smallest absolute Gasteiger partial charge is 0.261 e. The van der Waals surface area contributed by atoms with Crippen molar-refractivity contribution in [1.29, 1.82) is 0 Å². The quantitative estimate of drug-likeness (QED) is 0.384. The Balaban J connectivity index is 1.79. The van der Waals surface area contributed by atoms with Crippen molar-refractivity contribution < 1.29 is 14.3 Å². The summed E-state index contributed by atoms with van der Waals surface area (Å²) < 4.78 is 7.59. The van der Waals surface area contributed by atoms with E-state index >= 15 is 0 Å². The average Bonchev–Trinajstić information content (AvgIpc) is 2.76. The largest absolute Gasteiger partial charge is 0.483 e. The van der Waals surface area contributed by atoms with Crippen LogP contribution < -0.4 is 10.1 Å². The second-order valence-electron chi connectivity index (χ2n) is 7.88. The van der Waals surface area contributed by atoms with Crippen molar-refractivity contribution in [3.05, 3.63) is 75.2 Å². The molecule has 0 aliphatic carbocycles. The maximum absolute atomic E-state index is 13.2. The van der Waals surface area contributed by atoms with Gasteiger partial charge in [0, 0.05) is 17.1 Å². The van der Waals surface area contributed by atoms with Crippen LogP contribution >= 0.6 is 31.9 Å². The lowest BCUT2D eigenvalue weighted by atomic mass is 10.1. The van der Waals surface area contributed by atoms with Gasteiger partial charge in [-0.15, -0.1) is 0 Å². The molecule has 0 spiro atoms. The van der Waals surface area contributed by atoms with Crippen molar-refractivity contribution in [3.8, 4) is 5.75 Å². The van der Waals surface area contributed by atoms with E-state index in [9.17, 15) is 9.59 Å². The summed E-state index contributed by atoms with van der Waals surface area (Å²) in [6.45, 7) is 5.65. The molecule has 0 bridgehead atoms. The van der Waals surface area contributed by atoms with E-state index in [1.165, 1.54) is 0 Å². The number of benzene rings is 3. The van der Waals surface area contributed by atoms with Crippen LogP contribution in [-0.2, 0) is 16.1 Å². The Bertz CT molecular complexity index is 1120. The number of halogens is 2. The van der Waals surface area contributed by atoms with Crippen LogP contribution in [0.2, 0.25) is 0 Å². The molecule has 0 radical (unpaired) electrons. The molecule has 168 valence electrons. The molecule has 0 saturated carbocycles. The molecule has 3 aromatic rings. The van der Waals surface area contributed by atoms with E-state index in [-0.39, 0.29) is 24.5 Å². The fourth-order valence-corrected chi connectivity index (χ4v) is 4.42. The van der Waals surface area contributed by atoms with Crippen molar-refractivity contribution in [2.75, 3.05) is 6.61 Å². The van der Waals surface area contributed by atoms with Crippen LogP contribution in [0.4, 0.5) is 0 Å². The monoisotopic (exact) mass is 560 g/mol. The number of amides is 2. The number of fused-ring (bicyclic) bond motifs is 1. The second-order valence-corrected chi connectivity index (χ2v) is 9.59. The van der Waals surface area contributed by atoms with Crippen LogP contribution in [0.3, 0.4) is 0 Å². The van der Waals surface area contributed by atoms with Crippen LogP contribution in [0.15, 0.2) is 69.6 Å². The van der Waals surface area contributed by atoms with Gasteiger partial charge in [-0.25, -0.2) is 0 Å². The molecule has 0 heterocycles. The summed E-state index contributed by atoms with van der Waals surface area (Å²) >= 11 is 7.05. The first kappa shape index (κ1) is 24.3. The highest BCUT2D eigenvalue weighted by atomic mass is 79.9. The van der Waals surface area contributed by atoms with Gasteiger partial charge in [-0.05, 0) is 71.2 Å². The van der Waals surface area contributed by atoms with E-state index in [2.05, 4.69) is 37.2 Å². The van der Waals surface area contributed by atoms with Crippen LogP contribution in [0, 0.1) is 0 Å². The van der Waals surface area contributed by atoms with Crippen LogP contribution in [0.25, 0.3) is 10.8 Å². The molecule has 0 aliphatic rings. The van der Waals surface area contributed by atoms with Crippen molar-refractivity contribution in [2.45, 2.75) is 39.4 Å². The van der Waals surface area contributed by atoms with Gasteiger partial charge in [0.2, 0.25) is 5.91 Å². The maximum atomic E-state index is 13.2. The molecular weight excluding hydrogens is 536 g/mol. The minimum Gasteiger partial charge on any atom is -0.483 e. The molecule has 1 atom stereocenters. The topological polar surface area (TPSA) is 58.6 Å². The average molecular weight is 562 g/mol. The summed E-state index contributed by atoms with van der Waals surface area (Å²) in [5, 5.41) is 4.97. The highest BCUT2D eigenvalue weighted by Gasteiger charge is 2.27. The molecule has 5 nitrogen and oxygen atoms in total. The number of nitrogens with zero attached hydrogens (tertiary/aromatic N) is 1. The van der Waals surface area contributed by atoms with E-state index < -0.39 is 6.04 Å². The minimum atomic E-state index is -0.646. The zero-order chi connectivity index (χ0) is 23.3. The predicted octanol–water partition coefficient (Wildman–Crippen LogP) is 5.69. The fraction of sp³-hybridized carbons (Fsp3) is 0.280. The third-order valence-electron chi connectivity index (χ3n) is 5.02. The molecule has 0 saturated heterocycles. The van der Waals surface area contributed by atoms with Gasteiger partial charge in [0.15, 0.2) is 6.61 Å². The van der Waals surface area contributed by atoms with Gasteiger partial charge >= 0.3 is 0 Å². The van der Waals surface area contributed by atoms with Crippen LogP contribution in [0.5, 0.6) is 5.75 Å². The van der Waals surface area contributed by atoms with Gasteiger partial charge in [-0.2, -0.15) is 0 Å². The lowest BCUT2D eigenvalue weighted by Crippen LogP contribution is -2.50. The number of hydrogen-bond donors (Lipinski definition) is 1. The van der Waals surface area contributed by atoms with E-state index in [0.29, 0.717) is 12.3 Å². The standard InChI is InChI=1S/C25H26Br2N2O3/c1-16(2)28-25(31)17(3)29(14-18-7-6-9-20(26)13-18)23(30)15-32-22-12-11-19-8-4-5-10-21(19)24(22)27/h4-13,16-17H,14-15H2,1-3H3,(H,28,31)/t17-/m1/s1. The van der Waals surface area contributed by atoms with Gasteiger partial charge in [0.25, 0.3) is 5.91 Å². The summed E-state index contributed by atoms with van der Waals surface area (Å²) in [4.78, 5) is 27.4. The van der Waals surface area contributed by atoms with E-state index in [0.717, 1.165) is 25.3 Å². The first-order valence-corrected chi connectivity index (χ1v) is 12.0. The Labute approximate surface area is 205 Å². The number of rotatable bonds is 8. The van der Waals surface area contributed by atoms with Gasteiger partial charge in [0.1, 0.15) is 11.8 Å². The van der Waals surface area contributed by atoms with E-state index in [1.807, 2.05) is 74.5 Å². The zero-order valence-corrected chi connectivity index (χ0v) is 21.4. The Morgan fingerprint density at radius 1 is 1.00 bits per heavy atom. The van der Waals surface area contributed by atoms with Crippen LogP contribution in [0.1, 0.15) is 26.3 Å². The van der Waals surface area contributed by atoms with Crippen molar-refractivity contribution >= 4 is 54.4 Å². The van der Waals surface area contributed by atoms with Gasteiger partial charge in [0.05, 0.1) is 4.47 Å². The summed E-state index contributed by atoms with van der Waals surface area (Å²) in [5.74, 6) is 0.116.